The second-order valence-electron chi connectivity index (χ2n) is 7.08. The Bertz CT molecular complexity index is 1120. The molecule has 0 amide bonds. The predicted molar refractivity (Wildman–Crippen MR) is 118 cm³/mol. The first-order valence-electron chi connectivity index (χ1n) is 10.4. The first-order valence-corrected chi connectivity index (χ1v) is 10.4. The Morgan fingerprint density at radius 1 is 1.00 bits per heavy atom. The highest BCUT2D eigenvalue weighted by atomic mass is 16.5. The molecule has 0 N–H and O–H groups in total. The number of rotatable bonds is 9. The molecule has 30 heavy (non-hydrogen) atoms. The van der Waals surface area contributed by atoms with E-state index in [2.05, 4.69) is 33.9 Å². The van der Waals surface area contributed by atoms with E-state index in [0.29, 0.717) is 18.1 Å². The number of benzene rings is 2. The van der Waals surface area contributed by atoms with E-state index < -0.39 is 0 Å². The van der Waals surface area contributed by atoms with Crippen LogP contribution in [-0.2, 0) is 0 Å². The molecule has 0 fully saturated rings. The molecule has 0 aliphatic heterocycles. The standard InChI is InChI=1S/C23H27N5O2/c1-4-27(5-2)12-9-13-30-21-15-19-18(14-20(21)29-3)23-26-25-22(28(23)16-24-19)17-10-7-6-8-11-17/h6-8,10-11,14-16H,4-5,9,12-13H2,1-3H3. The summed E-state index contributed by atoms with van der Waals surface area (Å²) in [6, 6.07) is 13.8. The van der Waals surface area contributed by atoms with E-state index in [9.17, 15) is 0 Å². The van der Waals surface area contributed by atoms with Crippen LogP contribution in [0.5, 0.6) is 11.5 Å². The number of hydrogen-bond donors (Lipinski definition) is 0. The minimum atomic E-state index is 0.629. The van der Waals surface area contributed by atoms with Crippen molar-refractivity contribution >= 4 is 16.6 Å². The fourth-order valence-electron chi connectivity index (χ4n) is 3.61. The largest absolute Gasteiger partial charge is 0.493 e. The van der Waals surface area contributed by atoms with Gasteiger partial charge in [0.05, 0.1) is 19.2 Å². The van der Waals surface area contributed by atoms with Crippen LogP contribution in [0.4, 0.5) is 0 Å². The van der Waals surface area contributed by atoms with Crippen molar-refractivity contribution < 1.29 is 9.47 Å². The molecule has 0 saturated heterocycles. The second kappa shape index (κ2) is 9.09. The van der Waals surface area contributed by atoms with Gasteiger partial charge in [0.25, 0.3) is 0 Å². The van der Waals surface area contributed by atoms with Crippen molar-refractivity contribution in [3.63, 3.8) is 0 Å². The quantitative estimate of drug-likeness (QED) is 0.391. The van der Waals surface area contributed by atoms with Gasteiger partial charge >= 0.3 is 0 Å². The molecule has 0 atom stereocenters. The van der Waals surface area contributed by atoms with Gasteiger partial charge in [-0.2, -0.15) is 0 Å². The fourth-order valence-corrected chi connectivity index (χ4v) is 3.61. The van der Waals surface area contributed by atoms with Crippen LogP contribution in [0.3, 0.4) is 0 Å². The van der Waals surface area contributed by atoms with E-state index in [1.165, 1.54) is 0 Å². The maximum absolute atomic E-state index is 6.03. The lowest BCUT2D eigenvalue weighted by Crippen LogP contribution is -2.25. The van der Waals surface area contributed by atoms with Gasteiger partial charge in [0.1, 0.15) is 6.33 Å². The van der Waals surface area contributed by atoms with Crippen LogP contribution >= 0.6 is 0 Å². The molecule has 0 aliphatic carbocycles. The Labute approximate surface area is 176 Å². The highest BCUT2D eigenvalue weighted by Gasteiger charge is 2.15. The molecule has 7 nitrogen and oxygen atoms in total. The normalized spacial score (nSPS) is 11.5. The predicted octanol–water partition coefficient (Wildman–Crippen LogP) is 4.06. The lowest BCUT2D eigenvalue weighted by molar-refractivity contribution is 0.243. The van der Waals surface area contributed by atoms with Crippen molar-refractivity contribution in [2.75, 3.05) is 33.4 Å². The van der Waals surface area contributed by atoms with Crippen LogP contribution in [0.15, 0.2) is 48.8 Å². The van der Waals surface area contributed by atoms with Gasteiger partial charge in [-0.25, -0.2) is 4.98 Å². The zero-order chi connectivity index (χ0) is 20.9. The van der Waals surface area contributed by atoms with Gasteiger partial charge in [-0.3, -0.25) is 4.40 Å². The van der Waals surface area contributed by atoms with E-state index in [0.717, 1.165) is 54.0 Å². The lowest BCUT2D eigenvalue weighted by atomic mass is 10.2. The zero-order valence-corrected chi connectivity index (χ0v) is 17.7. The molecule has 0 unspecified atom stereocenters. The molecule has 0 saturated carbocycles. The molecular formula is C23H27N5O2. The van der Waals surface area contributed by atoms with Crippen LogP contribution in [0.2, 0.25) is 0 Å². The van der Waals surface area contributed by atoms with Crippen molar-refractivity contribution in [1.29, 1.82) is 0 Å². The highest BCUT2D eigenvalue weighted by Crippen LogP contribution is 2.33. The van der Waals surface area contributed by atoms with Gasteiger partial charge in [0.2, 0.25) is 0 Å². The molecule has 0 bridgehead atoms. The van der Waals surface area contributed by atoms with Crippen molar-refractivity contribution in [2.45, 2.75) is 20.3 Å². The number of fused-ring (bicyclic) bond motifs is 3. The third-order valence-electron chi connectivity index (χ3n) is 5.33. The van der Waals surface area contributed by atoms with E-state index in [-0.39, 0.29) is 0 Å². The smallest absolute Gasteiger partial charge is 0.171 e. The van der Waals surface area contributed by atoms with E-state index in [1.807, 2.05) is 46.9 Å². The van der Waals surface area contributed by atoms with Crippen molar-refractivity contribution in [2.24, 2.45) is 0 Å². The van der Waals surface area contributed by atoms with Crippen molar-refractivity contribution in [3.8, 4) is 22.9 Å². The van der Waals surface area contributed by atoms with E-state index >= 15 is 0 Å². The lowest BCUT2D eigenvalue weighted by Gasteiger charge is -2.18. The molecular weight excluding hydrogens is 378 g/mol. The van der Waals surface area contributed by atoms with Gasteiger partial charge in [0, 0.05) is 23.6 Å². The Morgan fingerprint density at radius 2 is 1.80 bits per heavy atom. The number of nitrogens with zero attached hydrogens (tertiary/aromatic N) is 5. The Hall–Kier alpha value is -3.19. The maximum Gasteiger partial charge on any atom is 0.171 e. The van der Waals surface area contributed by atoms with Crippen molar-refractivity contribution in [1.82, 2.24) is 24.5 Å². The summed E-state index contributed by atoms with van der Waals surface area (Å²) in [7, 11) is 1.65. The molecule has 156 valence electrons. The average molecular weight is 406 g/mol. The third kappa shape index (κ3) is 3.93. The molecule has 0 aliphatic rings. The number of ether oxygens (including phenoxy) is 2. The molecule has 7 heteroatoms. The Morgan fingerprint density at radius 3 is 2.53 bits per heavy atom. The summed E-state index contributed by atoms with van der Waals surface area (Å²) in [6.45, 7) is 8.11. The van der Waals surface area contributed by atoms with Gasteiger partial charge in [-0.15, -0.1) is 10.2 Å². The minimum Gasteiger partial charge on any atom is -0.493 e. The summed E-state index contributed by atoms with van der Waals surface area (Å²) in [5.41, 5.74) is 2.53. The van der Waals surface area contributed by atoms with Gasteiger partial charge < -0.3 is 14.4 Å². The van der Waals surface area contributed by atoms with Crippen molar-refractivity contribution in [3.05, 3.63) is 48.8 Å². The van der Waals surface area contributed by atoms with Crippen LogP contribution < -0.4 is 9.47 Å². The van der Waals surface area contributed by atoms with E-state index in [1.54, 1.807) is 13.4 Å². The molecule has 0 spiro atoms. The second-order valence-corrected chi connectivity index (χ2v) is 7.08. The van der Waals surface area contributed by atoms with Gasteiger partial charge in [-0.05, 0) is 25.6 Å². The summed E-state index contributed by atoms with van der Waals surface area (Å²) < 4.78 is 13.5. The molecule has 4 rings (SSSR count). The topological polar surface area (TPSA) is 64.8 Å². The highest BCUT2D eigenvalue weighted by molar-refractivity contribution is 5.94. The summed E-state index contributed by atoms with van der Waals surface area (Å²) in [5, 5.41) is 9.67. The van der Waals surface area contributed by atoms with Crippen LogP contribution in [0, 0.1) is 0 Å². The summed E-state index contributed by atoms with van der Waals surface area (Å²) >= 11 is 0. The summed E-state index contributed by atoms with van der Waals surface area (Å²) in [6.07, 6.45) is 2.72. The SMILES string of the molecule is CCN(CC)CCCOc1cc2ncn3c(-c4ccccc4)nnc3c2cc1OC. The fraction of sp³-hybridized carbons (Fsp3) is 0.348. The summed E-state index contributed by atoms with van der Waals surface area (Å²) in [5.74, 6) is 2.13. The zero-order valence-electron chi connectivity index (χ0n) is 17.7. The van der Waals surface area contributed by atoms with Crippen LogP contribution in [0.1, 0.15) is 20.3 Å². The molecule has 4 aromatic rings. The molecule has 2 heterocycles. The first kappa shape index (κ1) is 20.1. The molecule has 2 aromatic heterocycles. The minimum absolute atomic E-state index is 0.629. The molecule has 0 radical (unpaired) electrons. The number of aromatic nitrogens is 4. The number of hydrogen-bond acceptors (Lipinski definition) is 6. The third-order valence-corrected chi connectivity index (χ3v) is 5.33. The number of methoxy groups -OCH3 is 1. The first-order chi connectivity index (χ1) is 14.7. The average Bonchev–Trinajstić information content (AvgIpc) is 3.23. The van der Waals surface area contributed by atoms with Gasteiger partial charge in [0.15, 0.2) is 23.0 Å². The Kier molecular flexibility index (Phi) is 6.09. The Balaban J connectivity index is 1.63. The monoisotopic (exact) mass is 405 g/mol. The van der Waals surface area contributed by atoms with Crippen LogP contribution in [0.25, 0.3) is 27.9 Å². The van der Waals surface area contributed by atoms with E-state index in [4.69, 9.17) is 9.47 Å². The summed E-state index contributed by atoms with van der Waals surface area (Å²) in [4.78, 5) is 7.01. The van der Waals surface area contributed by atoms with Crippen LogP contribution in [-0.4, -0.2) is 57.8 Å². The van der Waals surface area contributed by atoms with Gasteiger partial charge in [-0.1, -0.05) is 44.2 Å². The molecule has 2 aromatic carbocycles. The maximum atomic E-state index is 6.03.